The number of carbonyl (C=O) groups excluding carboxylic acids is 2. The second-order valence-electron chi connectivity index (χ2n) is 10.1. The number of benzene rings is 2. The molecule has 2 amide bonds. The van der Waals surface area contributed by atoms with Crippen molar-refractivity contribution in [2.24, 2.45) is 0 Å². The van der Waals surface area contributed by atoms with Gasteiger partial charge in [-0.05, 0) is 76.8 Å². The molecule has 194 valence electrons. The van der Waals surface area contributed by atoms with Gasteiger partial charge in [-0.3, -0.25) is 9.59 Å². The molecule has 0 radical (unpaired) electrons. The maximum absolute atomic E-state index is 13.3. The Morgan fingerprint density at radius 2 is 1.58 bits per heavy atom. The van der Waals surface area contributed by atoms with Crippen molar-refractivity contribution in [3.63, 3.8) is 0 Å². The first kappa shape index (κ1) is 28.2. The minimum absolute atomic E-state index is 0.0191. The number of methoxy groups -OCH3 is 1. The Kier molecular flexibility index (Phi) is 9.58. The van der Waals surface area contributed by atoms with Gasteiger partial charge in [0.05, 0.1) is 23.8 Å². The number of ether oxygens (including phenoxy) is 1. The molecule has 1 saturated heterocycles. The van der Waals surface area contributed by atoms with E-state index in [1.807, 2.05) is 45.9 Å². The molecule has 1 fully saturated rings. The Labute approximate surface area is 219 Å². The van der Waals surface area contributed by atoms with Gasteiger partial charge in [0.2, 0.25) is 5.91 Å². The summed E-state index contributed by atoms with van der Waals surface area (Å²) in [5, 5.41) is 6.36. The van der Waals surface area contributed by atoms with Crippen molar-refractivity contribution >= 4 is 30.5 Å². The molecule has 1 aliphatic rings. The van der Waals surface area contributed by atoms with E-state index in [2.05, 4.69) is 22.8 Å². The molecule has 0 bridgehead atoms. The highest BCUT2D eigenvalue weighted by atomic mass is 35.5. The largest absolute Gasteiger partial charge is 0.481 e. The fraction of sp³-hybridized carbons (Fsp3) is 0.481. The summed E-state index contributed by atoms with van der Waals surface area (Å²) >= 11 is 5.92. The summed E-state index contributed by atoms with van der Waals surface area (Å²) in [5.41, 5.74) is 0.562. The Hall–Kier alpha value is -2.39. The molecule has 0 aromatic heterocycles. The van der Waals surface area contributed by atoms with Gasteiger partial charge in [-0.2, -0.15) is 0 Å². The van der Waals surface area contributed by atoms with Crippen LogP contribution in [0.3, 0.4) is 0 Å². The molecule has 1 aliphatic heterocycles. The Morgan fingerprint density at radius 3 is 2.17 bits per heavy atom. The summed E-state index contributed by atoms with van der Waals surface area (Å²) in [6.07, 6.45) is 2.33. The number of amides is 2. The van der Waals surface area contributed by atoms with E-state index in [-0.39, 0.29) is 18.4 Å². The van der Waals surface area contributed by atoms with Crippen LogP contribution in [0.1, 0.15) is 56.5 Å². The van der Waals surface area contributed by atoms with E-state index in [1.54, 1.807) is 24.3 Å². The molecule has 1 heterocycles. The summed E-state index contributed by atoms with van der Waals surface area (Å²) in [7, 11) is 0.866. The number of hydrogen-bond donors (Lipinski definition) is 2. The smallest absolute Gasteiger partial charge is 0.402 e. The number of aryl methyl sites for hydroxylation is 1. The summed E-state index contributed by atoms with van der Waals surface area (Å²) in [4.78, 5) is 26.1. The van der Waals surface area contributed by atoms with Crippen LogP contribution in [0.4, 0.5) is 0 Å². The first-order valence-electron chi connectivity index (χ1n) is 12.3. The highest BCUT2D eigenvalue weighted by molar-refractivity contribution is 6.48. The second-order valence-corrected chi connectivity index (χ2v) is 10.5. The fourth-order valence-electron chi connectivity index (χ4n) is 3.98. The zero-order valence-electron chi connectivity index (χ0n) is 21.7. The van der Waals surface area contributed by atoms with Gasteiger partial charge in [-0.25, -0.2) is 0 Å². The van der Waals surface area contributed by atoms with Gasteiger partial charge in [-0.15, -0.1) is 0 Å². The van der Waals surface area contributed by atoms with Crippen LogP contribution in [0.2, 0.25) is 5.02 Å². The number of hydrogen-bond acceptors (Lipinski definition) is 5. The molecule has 7 nitrogen and oxygen atoms in total. The van der Waals surface area contributed by atoms with Crippen molar-refractivity contribution in [2.75, 3.05) is 13.7 Å². The third kappa shape index (κ3) is 7.32. The molecule has 9 heteroatoms. The van der Waals surface area contributed by atoms with Crippen LogP contribution in [0, 0.1) is 0 Å². The summed E-state index contributed by atoms with van der Waals surface area (Å²) in [5.74, 6) is -1.16. The van der Waals surface area contributed by atoms with Crippen LogP contribution >= 0.6 is 11.6 Å². The lowest BCUT2D eigenvalue weighted by molar-refractivity contribution is -0.124. The lowest BCUT2D eigenvalue weighted by Crippen LogP contribution is -2.56. The maximum Gasteiger partial charge on any atom is 0.481 e. The average Bonchev–Trinajstić information content (AvgIpc) is 3.05. The molecule has 36 heavy (non-hydrogen) atoms. The van der Waals surface area contributed by atoms with Crippen molar-refractivity contribution in [3.8, 4) is 0 Å². The molecule has 2 aromatic rings. The first-order valence-corrected chi connectivity index (χ1v) is 12.7. The predicted molar refractivity (Wildman–Crippen MR) is 142 cm³/mol. The van der Waals surface area contributed by atoms with Gasteiger partial charge in [0.1, 0.15) is 6.04 Å². The van der Waals surface area contributed by atoms with Gasteiger partial charge in [-0.1, -0.05) is 41.9 Å². The number of rotatable bonds is 11. The molecule has 2 N–H and O–H groups in total. The number of carbonyl (C=O) groups is 2. The molecule has 2 atom stereocenters. The van der Waals surface area contributed by atoms with Crippen LogP contribution in [-0.2, 0) is 25.3 Å². The van der Waals surface area contributed by atoms with E-state index >= 15 is 0 Å². The molecular weight excluding hydrogens is 479 g/mol. The molecule has 0 saturated carbocycles. The normalized spacial score (nSPS) is 17.9. The third-order valence-corrected chi connectivity index (χ3v) is 7.06. The minimum atomic E-state index is -0.891. The Balaban J connectivity index is 1.71. The van der Waals surface area contributed by atoms with Crippen molar-refractivity contribution in [1.29, 1.82) is 0 Å². The van der Waals surface area contributed by atoms with E-state index < -0.39 is 30.3 Å². The van der Waals surface area contributed by atoms with Crippen LogP contribution in [0.25, 0.3) is 0 Å². The fourth-order valence-corrected chi connectivity index (χ4v) is 4.10. The first-order chi connectivity index (χ1) is 17.0. The summed E-state index contributed by atoms with van der Waals surface area (Å²) in [6.45, 7) is 7.95. The molecule has 0 aliphatic carbocycles. The van der Waals surface area contributed by atoms with Crippen LogP contribution in [0.5, 0.6) is 0 Å². The van der Waals surface area contributed by atoms with Crippen LogP contribution < -0.4 is 10.6 Å². The average molecular weight is 515 g/mol. The molecule has 2 aromatic carbocycles. The van der Waals surface area contributed by atoms with Gasteiger partial charge in [0.15, 0.2) is 0 Å². The number of halogens is 1. The van der Waals surface area contributed by atoms with E-state index in [9.17, 15) is 9.59 Å². The second kappa shape index (κ2) is 12.2. The quantitative estimate of drug-likeness (QED) is 0.439. The number of nitrogens with one attached hydrogen (secondary N) is 2. The molecular formula is C27H36BClN2O5. The third-order valence-electron chi connectivity index (χ3n) is 6.81. The van der Waals surface area contributed by atoms with E-state index in [4.69, 9.17) is 25.6 Å². The monoisotopic (exact) mass is 514 g/mol. The van der Waals surface area contributed by atoms with Gasteiger partial charge in [0.25, 0.3) is 5.91 Å². The zero-order valence-corrected chi connectivity index (χ0v) is 22.4. The molecule has 2 unspecified atom stereocenters. The van der Waals surface area contributed by atoms with Gasteiger partial charge >= 0.3 is 7.12 Å². The lowest BCUT2D eigenvalue weighted by Gasteiger charge is -2.32. The standard InChI is InChI=1S/C27H36BClN2O5/c1-26(2)27(3,4)36-28(35-26)23(13-9-12-19-10-7-6-8-11-19)31-25(33)22(18-34-5)30-24(32)20-14-16-21(29)17-15-20/h6-8,10-11,14-17,22-23H,9,12-13,18H2,1-5H3,(H,30,32)(H,31,33). The zero-order chi connectivity index (χ0) is 26.3. The van der Waals surface area contributed by atoms with Crippen LogP contribution in [-0.4, -0.2) is 55.8 Å². The van der Waals surface area contributed by atoms with E-state index in [0.717, 1.165) is 12.8 Å². The molecule has 3 rings (SSSR count). The van der Waals surface area contributed by atoms with Crippen molar-refractivity contribution in [2.45, 2.75) is 70.1 Å². The Morgan fingerprint density at radius 1 is 0.972 bits per heavy atom. The van der Waals surface area contributed by atoms with Gasteiger partial charge < -0.3 is 24.7 Å². The van der Waals surface area contributed by atoms with Crippen molar-refractivity contribution < 1.29 is 23.6 Å². The topological polar surface area (TPSA) is 85.9 Å². The van der Waals surface area contributed by atoms with Gasteiger partial charge in [0, 0.05) is 17.7 Å². The Bertz CT molecular complexity index is 1000. The highest BCUT2D eigenvalue weighted by Gasteiger charge is 2.54. The van der Waals surface area contributed by atoms with Crippen LogP contribution in [0.15, 0.2) is 54.6 Å². The van der Waals surface area contributed by atoms with Crippen molar-refractivity contribution in [1.82, 2.24) is 10.6 Å². The summed E-state index contributed by atoms with van der Waals surface area (Å²) in [6, 6.07) is 15.8. The predicted octanol–water partition coefficient (Wildman–Crippen LogP) is 4.22. The lowest BCUT2D eigenvalue weighted by atomic mass is 9.75. The summed E-state index contributed by atoms with van der Waals surface area (Å²) < 4.78 is 17.8. The minimum Gasteiger partial charge on any atom is -0.402 e. The van der Waals surface area contributed by atoms with Crippen molar-refractivity contribution in [3.05, 3.63) is 70.7 Å². The molecule has 0 spiro atoms. The highest BCUT2D eigenvalue weighted by Crippen LogP contribution is 2.38. The van der Waals surface area contributed by atoms with E-state index in [0.29, 0.717) is 17.0 Å². The maximum atomic E-state index is 13.3. The van der Waals surface area contributed by atoms with E-state index in [1.165, 1.54) is 12.7 Å². The SMILES string of the molecule is COCC(NC(=O)c1ccc(Cl)cc1)C(=O)NC(CCCc1ccccc1)B1OC(C)(C)C(C)(C)O1.